The summed E-state index contributed by atoms with van der Waals surface area (Å²) in [6.07, 6.45) is 8.99. The normalized spacial score (nSPS) is 20.4. The molecule has 1 aliphatic heterocycles. The zero-order chi connectivity index (χ0) is 13.8. The van der Waals surface area contributed by atoms with Crippen molar-refractivity contribution >= 4 is 0 Å². The number of methoxy groups -OCH3 is 1. The quantitative estimate of drug-likeness (QED) is 0.383. The molecule has 3 nitrogen and oxygen atoms in total. The van der Waals surface area contributed by atoms with Crippen molar-refractivity contribution in [2.75, 3.05) is 20.3 Å². The van der Waals surface area contributed by atoms with Gasteiger partial charge in [0.1, 0.15) is 6.10 Å². The molecule has 1 rings (SSSR count). The molecule has 0 aliphatic carbocycles. The van der Waals surface area contributed by atoms with Gasteiger partial charge in [0.2, 0.25) is 0 Å². The Morgan fingerprint density at radius 2 is 2.37 bits per heavy atom. The molecule has 0 spiro atoms. The first-order chi connectivity index (χ1) is 9.36. The van der Waals surface area contributed by atoms with E-state index in [1.807, 2.05) is 6.08 Å². The van der Waals surface area contributed by atoms with Crippen molar-refractivity contribution in [3.8, 4) is 11.8 Å². The van der Waals surface area contributed by atoms with Crippen LogP contribution in [0.25, 0.3) is 0 Å². The first-order valence-corrected chi connectivity index (χ1v) is 7.22. The first-order valence-electron chi connectivity index (χ1n) is 7.22. The Bertz CT molecular complexity index is 284. The third kappa shape index (κ3) is 8.05. The lowest BCUT2D eigenvalue weighted by atomic mass is 10.2. The first kappa shape index (κ1) is 16.2. The molecular weight excluding hydrogens is 240 g/mol. The van der Waals surface area contributed by atoms with Gasteiger partial charge in [0.15, 0.2) is 6.29 Å². The zero-order valence-electron chi connectivity index (χ0n) is 12.0. The van der Waals surface area contributed by atoms with Crippen molar-refractivity contribution in [3.05, 3.63) is 12.7 Å². The predicted molar refractivity (Wildman–Crippen MR) is 76.8 cm³/mol. The van der Waals surface area contributed by atoms with Crippen molar-refractivity contribution in [2.45, 2.75) is 57.3 Å². The SMILES string of the molecule is C=CCCC(C#CCCCOC1CCCCO1)OC. The third-order valence-corrected chi connectivity index (χ3v) is 3.07. The minimum Gasteiger partial charge on any atom is -0.369 e. The van der Waals surface area contributed by atoms with Gasteiger partial charge >= 0.3 is 0 Å². The highest BCUT2D eigenvalue weighted by Gasteiger charge is 2.12. The van der Waals surface area contributed by atoms with Gasteiger partial charge < -0.3 is 14.2 Å². The minimum absolute atomic E-state index is 0.0148. The van der Waals surface area contributed by atoms with Gasteiger partial charge in [-0.2, -0.15) is 0 Å². The van der Waals surface area contributed by atoms with Gasteiger partial charge in [0, 0.05) is 20.1 Å². The summed E-state index contributed by atoms with van der Waals surface area (Å²) in [5, 5.41) is 0. The summed E-state index contributed by atoms with van der Waals surface area (Å²) < 4.78 is 16.4. The highest BCUT2D eigenvalue weighted by Crippen LogP contribution is 2.13. The topological polar surface area (TPSA) is 27.7 Å². The number of hydrogen-bond acceptors (Lipinski definition) is 3. The average Bonchev–Trinajstić information content (AvgIpc) is 2.47. The maximum atomic E-state index is 5.65. The summed E-state index contributed by atoms with van der Waals surface area (Å²) in [6, 6.07) is 0. The van der Waals surface area contributed by atoms with Crippen LogP contribution in [0.1, 0.15) is 44.9 Å². The average molecular weight is 266 g/mol. The summed E-state index contributed by atoms with van der Waals surface area (Å²) in [6.45, 7) is 5.26. The Hall–Kier alpha value is -0.820. The van der Waals surface area contributed by atoms with Gasteiger partial charge in [-0.15, -0.1) is 12.5 Å². The fourth-order valence-electron chi connectivity index (χ4n) is 1.92. The molecule has 0 bridgehead atoms. The second kappa shape index (κ2) is 11.0. The van der Waals surface area contributed by atoms with Crippen LogP contribution in [0, 0.1) is 11.8 Å². The lowest BCUT2D eigenvalue weighted by Gasteiger charge is -2.22. The molecule has 1 aliphatic rings. The van der Waals surface area contributed by atoms with Crippen molar-refractivity contribution in [2.24, 2.45) is 0 Å². The maximum absolute atomic E-state index is 5.65. The van der Waals surface area contributed by atoms with E-state index < -0.39 is 0 Å². The molecule has 2 atom stereocenters. The highest BCUT2D eigenvalue weighted by atomic mass is 16.7. The van der Waals surface area contributed by atoms with Crippen molar-refractivity contribution in [3.63, 3.8) is 0 Å². The smallest absolute Gasteiger partial charge is 0.157 e. The van der Waals surface area contributed by atoms with Gasteiger partial charge in [0.25, 0.3) is 0 Å². The van der Waals surface area contributed by atoms with Crippen LogP contribution < -0.4 is 0 Å². The summed E-state index contributed by atoms with van der Waals surface area (Å²) in [7, 11) is 1.70. The van der Waals surface area contributed by atoms with E-state index in [0.29, 0.717) is 0 Å². The number of hydrogen-bond donors (Lipinski definition) is 0. The summed E-state index contributed by atoms with van der Waals surface area (Å²) in [5.74, 6) is 6.29. The van der Waals surface area contributed by atoms with Crippen LogP contribution in [0.15, 0.2) is 12.7 Å². The second-order valence-corrected chi connectivity index (χ2v) is 4.68. The summed E-state index contributed by atoms with van der Waals surface area (Å²) in [4.78, 5) is 0. The molecule has 3 heteroatoms. The monoisotopic (exact) mass is 266 g/mol. The third-order valence-electron chi connectivity index (χ3n) is 3.07. The largest absolute Gasteiger partial charge is 0.369 e. The van der Waals surface area contributed by atoms with Crippen molar-refractivity contribution in [1.29, 1.82) is 0 Å². The van der Waals surface area contributed by atoms with Crippen LogP contribution in [0.3, 0.4) is 0 Å². The van der Waals surface area contributed by atoms with Crippen molar-refractivity contribution < 1.29 is 14.2 Å². The van der Waals surface area contributed by atoms with Crippen LogP contribution >= 0.6 is 0 Å². The second-order valence-electron chi connectivity index (χ2n) is 4.68. The number of allylic oxidation sites excluding steroid dienone is 1. The molecule has 19 heavy (non-hydrogen) atoms. The highest BCUT2D eigenvalue weighted by molar-refractivity contribution is 5.05. The Morgan fingerprint density at radius 3 is 3.05 bits per heavy atom. The molecule has 0 aromatic carbocycles. The van der Waals surface area contributed by atoms with Gasteiger partial charge in [0.05, 0.1) is 6.61 Å². The van der Waals surface area contributed by atoms with Gasteiger partial charge in [-0.1, -0.05) is 12.0 Å². The Morgan fingerprint density at radius 1 is 1.47 bits per heavy atom. The Labute approximate surface area is 117 Å². The van der Waals surface area contributed by atoms with Crippen LogP contribution in [0.2, 0.25) is 0 Å². The molecule has 0 aromatic rings. The van der Waals surface area contributed by atoms with E-state index in [4.69, 9.17) is 14.2 Å². The van der Waals surface area contributed by atoms with Crippen LogP contribution in [-0.2, 0) is 14.2 Å². The van der Waals surface area contributed by atoms with E-state index in [1.165, 1.54) is 6.42 Å². The lowest BCUT2D eigenvalue weighted by Crippen LogP contribution is -2.22. The molecule has 0 radical (unpaired) electrons. The van der Waals surface area contributed by atoms with E-state index in [1.54, 1.807) is 7.11 Å². The molecule has 0 amide bonds. The van der Waals surface area contributed by atoms with E-state index in [2.05, 4.69) is 18.4 Å². The lowest BCUT2D eigenvalue weighted by molar-refractivity contribution is -0.162. The van der Waals surface area contributed by atoms with Gasteiger partial charge in [-0.25, -0.2) is 0 Å². The number of ether oxygens (including phenoxy) is 3. The molecule has 1 saturated heterocycles. The van der Waals surface area contributed by atoms with E-state index >= 15 is 0 Å². The molecule has 1 heterocycles. The molecule has 108 valence electrons. The Kier molecular flexibility index (Phi) is 9.44. The zero-order valence-corrected chi connectivity index (χ0v) is 12.0. The molecule has 0 aromatic heterocycles. The van der Waals surface area contributed by atoms with Crippen LogP contribution in [0.5, 0.6) is 0 Å². The minimum atomic E-state index is 0.0148. The number of rotatable bonds is 8. The summed E-state index contributed by atoms with van der Waals surface area (Å²) in [5.41, 5.74) is 0. The maximum Gasteiger partial charge on any atom is 0.157 e. The molecule has 0 N–H and O–H groups in total. The van der Waals surface area contributed by atoms with E-state index in [0.717, 1.165) is 51.7 Å². The number of unbranched alkanes of at least 4 members (excludes halogenated alkanes) is 1. The predicted octanol–water partition coefficient (Wildman–Crippen LogP) is 3.29. The Balaban J connectivity index is 2.03. The molecular formula is C16H26O3. The standard InChI is InChI=1S/C16H26O3/c1-3-4-10-15(17-2)11-6-5-8-13-18-16-12-7-9-14-19-16/h3,15-16H,1,4-5,7-10,12-14H2,2H3. The van der Waals surface area contributed by atoms with E-state index in [-0.39, 0.29) is 12.4 Å². The molecule has 1 fully saturated rings. The summed E-state index contributed by atoms with van der Waals surface area (Å²) >= 11 is 0. The van der Waals surface area contributed by atoms with E-state index in [9.17, 15) is 0 Å². The van der Waals surface area contributed by atoms with Crippen LogP contribution in [0.4, 0.5) is 0 Å². The molecule has 0 saturated carbocycles. The fourth-order valence-corrected chi connectivity index (χ4v) is 1.92. The van der Waals surface area contributed by atoms with Crippen molar-refractivity contribution in [1.82, 2.24) is 0 Å². The van der Waals surface area contributed by atoms with Gasteiger partial charge in [-0.3, -0.25) is 0 Å². The van der Waals surface area contributed by atoms with Crippen LogP contribution in [-0.4, -0.2) is 32.7 Å². The van der Waals surface area contributed by atoms with Gasteiger partial charge in [-0.05, 0) is 38.5 Å². The molecule has 2 unspecified atom stereocenters. The fraction of sp³-hybridized carbons (Fsp3) is 0.750.